The van der Waals surface area contributed by atoms with Crippen molar-refractivity contribution in [3.8, 4) is 0 Å². The Morgan fingerprint density at radius 2 is 2.08 bits per heavy atom. The van der Waals surface area contributed by atoms with E-state index in [9.17, 15) is 4.79 Å². The summed E-state index contributed by atoms with van der Waals surface area (Å²) >= 11 is 3.29. The van der Waals surface area contributed by atoms with Crippen molar-refractivity contribution in [3.63, 3.8) is 0 Å². The van der Waals surface area contributed by atoms with Crippen molar-refractivity contribution in [3.05, 3.63) is 0 Å². The number of hydrogen-bond acceptors (Lipinski definition) is 2. The largest absolute Gasteiger partial charge is 0.451 e. The first-order valence-electron chi connectivity index (χ1n) is 4.48. The molecular formula is C9H17BrO2. The number of ether oxygens (including phenoxy) is 1. The third kappa shape index (κ3) is 8.05. The molecule has 1 atom stereocenters. The van der Waals surface area contributed by atoms with Gasteiger partial charge in [-0.3, -0.25) is 4.79 Å². The summed E-state index contributed by atoms with van der Waals surface area (Å²) in [6.45, 7) is 3.61. The second-order valence-corrected chi connectivity index (χ2v) is 3.89. The monoisotopic (exact) mass is 236 g/mol. The number of halogens is 1. The zero-order valence-electron chi connectivity index (χ0n) is 7.81. The van der Waals surface area contributed by atoms with E-state index in [0.29, 0.717) is 0 Å². The van der Waals surface area contributed by atoms with Gasteiger partial charge in [-0.15, -0.1) is 0 Å². The molecule has 0 spiro atoms. The van der Waals surface area contributed by atoms with Gasteiger partial charge in [-0.25, -0.2) is 0 Å². The summed E-state index contributed by atoms with van der Waals surface area (Å²) in [6, 6.07) is 0. The number of alkyl halides is 1. The third-order valence-electron chi connectivity index (χ3n) is 1.58. The molecule has 0 aromatic carbocycles. The van der Waals surface area contributed by atoms with Gasteiger partial charge in [-0.2, -0.15) is 0 Å². The second-order valence-electron chi connectivity index (χ2n) is 2.87. The smallest absolute Gasteiger partial charge is 0.303 e. The number of unbranched alkanes of at least 4 members (excludes halogenated alkanes) is 3. The van der Waals surface area contributed by atoms with Crippen LogP contribution in [0, 0.1) is 0 Å². The SMILES string of the molecule is CCCCCCC(Br)OC(C)=O. The molecule has 0 amide bonds. The summed E-state index contributed by atoms with van der Waals surface area (Å²) in [5.41, 5.74) is 0. The molecule has 0 rings (SSSR count). The minimum atomic E-state index is -0.215. The van der Waals surface area contributed by atoms with Crippen LogP contribution in [0.1, 0.15) is 46.0 Å². The summed E-state index contributed by atoms with van der Waals surface area (Å²) in [5, 5.41) is -0.0909. The van der Waals surface area contributed by atoms with Crippen molar-refractivity contribution in [2.45, 2.75) is 51.0 Å². The Labute approximate surface area is 82.8 Å². The first-order chi connectivity index (χ1) is 5.66. The fraction of sp³-hybridized carbons (Fsp3) is 0.889. The van der Waals surface area contributed by atoms with E-state index in [0.717, 1.165) is 12.8 Å². The minimum Gasteiger partial charge on any atom is -0.451 e. The van der Waals surface area contributed by atoms with E-state index in [2.05, 4.69) is 22.9 Å². The number of carbonyl (C=O) groups is 1. The second kappa shape index (κ2) is 7.59. The zero-order valence-corrected chi connectivity index (χ0v) is 9.39. The Morgan fingerprint density at radius 3 is 2.58 bits per heavy atom. The molecule has 0 saturated carbocycles. The van der Waals surface area contributed by atoms with E-state index in [1.54, 1.807) is 0 Å². The van der Waals surface area contributed by atoms with Crippen LogP contribution in [0.3, 0.4) is 0 Å². The summed E-state index contributed by atoms with van der Waals surface area (Å²) < 4.78 is 4.91. The van der Waals surface area contributed by atoms with Crippen molar-refractivity contribution in [2.75, 3.05) is 0 Å². The normalized spacial score (nSPS) is 12.6. The van der Waals surface area contributed by atoms with Crippen LogP contribution >= 0.6 is 15.9 Å². The summed E-state index contributed by atoms with van der Waals surface area (Å²) in [7, 11) is 0. The average molecular weight is 237 g/mol. The highest BCUT2D eigenvalue weighted by Crippen LogP contribution is 2.13. The molecule has 0 heterocycles. The molecule has 0 bridgehead atoms. The maximum atomic E-state index is 10.5. The van der Waals surface area contributed by atoms with E-state index < -0.39 is 0 Å². The maximum Gasteiger partial charge on any atom is 0.303 e. The Bertz CT molecular complexity index is 126. The Kier molecular flexibility index (Phi) is 7.56. The van der Waals surface area contributed by atoms with Crippen molar-refractivity contribution in [2.24, 2.45) is 0 Å². The van der Waals surface area contributed by atoms with Crippen molar-refractivity contribution < 1.29 is 9.53 Å². The Balaban J connectivity index is 3.19. The highest BCUT2D eigenvalue weighted by molar-refractivity contribution is 9.09. The Morgan fingerprint density at radius 1 is 1.42 bits per heavy atom. The summed E-state index contributed by atoms with van der Waals surface area (Å²) in [4.78, 5) is 10.5. The maximum absolute atomic E-state index is 10.5. The van der Waals surface area contributed by atoms with Crippen LogP contribution in [-0.4, -0.2) is 11.0 Å². The van der Waals surface area contributed by atoms with Gasteiger partial charge < -0.3 is 4.74 Å². The van der Waals surface area contributed by atoms with E-state index in [4.69, 9.17) is 4.74 Å². The van der Waals surface area contributed by atoms with E-state index in [1.807, 2.05) is 0 Å². The van der Waals surface area contributed by atoms with Gasteiger partial charge >= 0.3 is 5.97 Å². The van der Waals surface area contributed by atoms with Crippen LogP contribution in [-0.2, 0) is 9.53 Å². The predicted molar refractivity (Wildman–Crippen MR) is 53.2 cm³/mol. The molecule has 12 heavy (non-hydrogen) atoms. The molecule has 72 valence electrons. The van der Waals surface area contributed by atoms with Crippen LogP contribution < -0.4 is 0 Å². The average Bonchev–Trinajstić information content (AvgIpc) is 1.97. The fourth-order valence-electron chi connectivity index (χ4n) is 0.971. The lowest BCUT2D eigenvalue weighted by Gasteiger charge is -2.08. The lowest BCUT2D eigenvalue weighted by Crippen LogP contribution is -2.08. The number of hydrogen-bond donors (Lipinski definition) is 0. The molecule has 0 aromatic rings. The minimum absolute atomic E-state index is 0.0909. The van der Waals surface area contributed by atoms with Crippen LogP contribution in [0.4, 0.5) is 0 Å². The lowest BCUT2D eigenvalue weighted by molar-refractivity contribution is -0.142. The van der Waals surface area contributed by atoms with E-state index in [1.165, 1.54) is 26.2 Å². The molecule has 2 nitrogen and oxygen atoms in total. The molecule has 0 saturated heterocycles. The lowest BCUT2D eigenvalue weighted by atomic mass is 10.2. The molecule has 1 unspecified atom stereocenters. The molecular weight excluding hydrogens is 220 g/mol. The molecule has 0 aliphatic heterocycles. The van der Waals surface area contributed by atoms with Gasteiger partial charge in [0.05, 0.1) is 0 Å². The summed E-state index contributed by atoms with van der Waals surface area (Å²) in [6.07, 6.45) is 5.76. The molecule has 0 aromatic heterocycles. The number of esters is 1. The quantitative estimate of drug-likeness (QED) is 0.402. The molecule has 0 fully saturated rings. The summed E-state index contributed by atoms with van der Waals surface area (Å²) in [5.74, 6) is -0.215. The van der Waals surface area contributed by atoms with Crippen molar-refractivity contribution in [1.29, 1.82) is 0 Å². The molecule has 0 aliphatic rings. The third-order valence-corrected chi connectivity index (χ3v) is 2.22. The molecule has 0 aliphatic carbocycles. The first-order valence-corrected chi connectivity index (χ1v) is 5.39. The number of carbonyl (C=O) groups excluding carboxylic acids is 1. The predicted octanol–water partition coefficient (Wildman–Crippen LogP) is 3.24. The van der Waals surface area contributed by atoms with Gasteiger partial charge in [-0.1, -0.05) is 26.2 Å². The van der Waals surface area contributed by atoms with Gasteiger partial charge in [0, 0.05) is 6.92 Å². The van der Waals surface area contributed by atoms with Gasteiger partial charge in [0.25, 0.3) is 0 Å². The van der Waals surface area contributed by atoms with E-state index >= 15 is 0 Å². The Hall–Kier alpha value is -0.0500. The zero-order chi connectivity index (χ0) is 9.40. The molecule has 0 radical (unpaired) electrons. The van der Waals surface area contributed by atoms with Crippen molar-refractivity contribution >= 4 is 21.9 Å². The number of rotatable bonds is 6. The standard InChI is InChI=1S/C9H17BrO2/c1-3-4-5-6-7-9(10)12-8(2)11/h9H,3-7H2,1-2H3. The molecule has 3 heteroatoms. The topological polar surface area (TPSA) is 26.3 Å². The van der Waals surface area contributed by atoms with Crippen LogP contribution in [0.15, 0.2) is 0 Å². The van der Waals surface area contributed by atoms with Crippen LogP contribution in [0.2, 0.25) is 0 Å². The van der Waals surface area contributed by atoms with Gasteiger partial charge in [0.15, 0.2) is 5.01 Å². The van der Waals surface area contributed by atoms with Crippen LogP contribution in [0.5, 0.6) is 0 Å². The first kappa shape index (κ1) is 11.9. The van der Waals surface area contributed by atoms with Gasteiger partial charge in [-0.05, 0) is 28.8 Å². The van der Waals surface area contributed by atoms with Gasteiger partial charge in [0.2, 0.25) is 0 Å². The van der Waals surface area contributed by atoms with Crippen LogP contribution in [0.25, 0.3) is 0 Å². The fourth-order valence-corrected chi connectivity index (χ4v) is 1.56. The van der Waals surface area contributed by atoms with Crippen molar-refractivity contribution in [1.82, 2.24) is 0 Å². The molecule has 0 N–H and O–H groups in total. The van der Waals surface area contributed by atoms with E-state index in [-0.39, 0.29) is 11.0 Å². The highest BCUT2D eigenvalue weighted by Gasteiger charge is 2.05. The van der Waals surface area contributed by atoms with Gasteiger partial charge in [0.1, 0.15) is 0 Å². The highest BCUT2D eigenvalue weighted by atomic mass is 79.9.